The highest BCUT2D eigenvalue weighted by molar-refractivity contribution is 5.33. The zero-order valence-corrected chi connectivity index (χ0v) is 12.9. The minimum Gasteiger partial charge on any atom is -0.313 e. The molecule has 2 aromatic rings. The Balaban J connectivity index is 2.19. The van der Waals surface area contributed by atoms with Crippen molar-refractivity contribution in [2.24, 2.45) is 0 Å². The number of hydrogen-bond acceptors (Lipinski definition) is 2. The number of rotatable bonds is 5. The number of nitrogens with one attached hydrogen (secondary N) is 1. The van der Waals surface area contributed by atoms with Crippen LogP contribution in [0, 0.1) is 13.8 Å². The molecule has 2 rings (SSSR count). The summed E-state index contributed by atoms with van der Waals surface area (Å²) in [4.78, 5) is 4.57. The molecular formula is C18H24N2. The molecule has 1 atom stereocenters. The van der Waals surface area contributed by atoms with Crippen LogP contribution in [0.5, 0.6) is 0 Å². The normalized spacial score (nSPS) is 12.4. The molecule has 1 N–H and O–H groups in total. The van der Waals surface area contributed by atoms with Gasteiger partial charge in [-0.15, -0.1) is 0 Å². The van der Waals surface area contributed by atoms with Gasteiger partial charge in [0.05, 0.1) is 0 Å². The number of benzene rings is 1. The van der Waals surface area contributed by atoms with Gasteiger partial charge in [0, 0.05) is 24.4 Å². The van der Waals surface area contributed by atoms with E-state index in [0.29, 0.717) is 6.04 Å². The fourth-order valence-corrected chi connectivity index (χ4v) is 2.58. The van der Waals surface area contributed by atoms with Crippen LogP contribution in [0.4, 0.5) is 0 Å². The summed E-state index contributed by atoms with van der Waals surface area (Å²) in [5.41, 5.74) is 6.45. The third-order valence-corrected chi connectivity index (χ3v) is 3.86. The van der Waals surface area contributed by atoms with Crippen LogP contribution in [0.1, 0.15) is 40.9 Å². The SMILES string of the molecule is CCc1ccc(CC(NC)c2ccc(C)cc2C)nc1. The molecule has 0 aliphatic heterocycles. The summed E-state index contributed by atoms with van der Waals surface area (Å²) in [6.07, 6.45) is 3.95. The van der Waals surface area contributed by atoms with Crippen molar-refractivity contribution in [2.45, 2.75) is 39.7 Å². The smallest absolute Gasteiger partial charge is 0.0422 e. The highest BCUT2D eigenvalue weighted by Gasteiger charge is 2.13. The lowest BCUT2D eigenvalue weighted by atomic mass is 9.96. The quantitative estimate of drug-likeness (QED) is 0.893. The molecule has 0 fully saturated rings. The maximum Gasteiger partial charge on any atom is 0.0422 e. The van der Waals surface area contributed by atoms with Gasteiger partial charge in [-0.2, -0.15) is 0 Å². The van der Waals surface area contributed by atoms with E-state index in [4.69, 9.17) is 0 Å². The van der Waals surface area contributed by atoms with Crippen LogP contribution in [0.2, 0.25) is 0 Å². The van der Waals surface area contributed by atoms with Gasteiger partial charge in [-0.05, 0) is 50.1 Å². The Morgan fingerprint density at radius 3 is 2.50 bits per heavy atom. The van der Waals surface area contributed by atoms with Crippen LogP contribution in [-0.4, -0.2) is 12.0 Å². The number of aromatic nitrogens is 1. The summed E-state index contributed by atoms with van der Waals surface area (Å²) in [7, 11) is 2.02. The summed E-state index contributed by atoms with van der Waals surface area (Å²) < 4.78 is 0. The topological polar surface area (TPSA) is 24.9 Å². The lowest BCUT2D eigenvalue weighted by Crippen LogP contribution is -2.20. The Morgan fingerprint density at radius 2 is 1.95 bits per heavy atom. The van der Waals surface area contributed by atoms with Crippen LogP contribution in [0.15, 0.2) is 36.5 Å². The first kappa shape index (κ1) is 14.7. The van der Waals surface area contributed by atoms with E-state index in [1.807, 2.05) is 13.2 Å². The van der Waals surface area contributed by atoms with Gasteiger partial charge in [0.15, 0.2) is 0 Å². The average molecular weight is 268 g/mol. The minimum absolute atomic E-state index is 0.315. The minimum atomic E-state index is 0.315. The van der Waals surface area contributed by atoms with Crippen LogP contribution < -0.4 is 5.32 Å². The molecule has 2 nitrogen and oxygen atoms in total. The predicted molar refractivity (Wildman–Crippen MR) is 85.0 cm³/mol. The van der Waals surface area contributed by atoms with Crippen molar-refractivity contribution < 1.29 is 0 Å². The molecule has 20 heavy (non-hydrogen) atoms. The number of nitrogens with zero attached hydrogens (tertiary/aromatic N) is 1. The molecule has 0 saturated heterocycles. The van der Waals surface area contributed by atoms with Gasteiger partial charge in [0.1, 0.15) is 0 Å². The van der Waals surface area contributed by atoms with Crippen LogP contribution in [0.3, 0.4) is 0 Å². The molecule has 1 unspecified atom stereocenters. The second-order valence-electron chi connectivity index (χ2n) is 5.42. The number of hydrogen-bond donors (Lipinski definition) is 1. The molecule has 0 spiro atoms. The lowest BCUT2D eigenvalue weighted by molar-refractivity contribution is 0.581. The van der Waals surface area contributed by atoms with Crippen molar-refractivity contribution in [1.82, 2.24) is 10.3 Å². The van der Waals surface area contributed by atoms with Crippen molar-refractivity contribution in [1.29, 1.82) is 0 Å². The highest BCUT2D eigenvalue weighted by Crippen LogP contribution is 2.22. The first-order valence-electron chi connectivity index (χ1n) is 7.32. The summed E-state index contributed by atoms with van der Waals surface area (Å²) >= 11 is 0. The van der Waals surface area contributed by atoms with E-state index in [9.17, 15) is 0 Å². The number of aryl methyl sites for hydroxylation is 3. The standard InChI is InChI=1S/C18H24N2/c1-5-15-7-8-16(20-12-15)11-18(19-4)17-9-6-13(2)10-14(17)3/h6-10,12,18-19H,5,11H2,1-4H3. The lowest BCUT2D eigenvalue weighted by Gasteiger charge is -2.19. The summed E-state index contributed by atoms with van der Waals surface area (Å²) in [5, 5.41) is 3.42. The molecule has 0 bridgehead atoms. The van der Waals surface area contributed by atoms with Gasteiger partial charge in [-0.3, -0.25) is 4.98 Å². The van der Waals surface area contributed by atoms with Crippen LogP contribution in [0.25, 0.3) is 0 Å². The molecule has 1 heterocycles. The first-order chi connectivity index (χ1) is 9.63. The van der Waals surface area contributed by atoms with Crippen LogP contribution >= 0.6 is 0 Å². The third kappa shape index (κ3) is 3.45. The maximum absolute atomic E-state index is 4.57. The zero-order chi connectivity index (χ0) is 14.5. The average Bonchev–Trinajstić information content (AvgIpc) is 2.46. The Kier molecular flexibility index (Phi) is 4.91. The van der Waals surface area contributed by atoms with Gasteiger partial charge >= 0.3 is 0 Å². The predicted octanol–water partition coefficient (Wildman–Crippen LogP) is 3.76. The monoisotopic (exact) mass is 268 g/mol. The van der Waals surface area contributed by atoms with E-state index in [0.717, 1.165) is 18.5 Å². The second-order valence-corrected chi connectivity index (χ2v) is 5.42. The van der Waals surface area contributed by atoms with E-state index in [-0.39, 0.29) is 0 Å². The van der Waals surface area contributed by atoms with Crippen molar-refractivity contribution >= 4 is 0 Å². The highest BCUT2D eigenvalue weighted by atomic mass is 14.9. The van der Waals surface area contributed by atoms with E-state index in [1.165, 1.54) is 22.3 Å². The third-order valence-electron chi connectivity index (χ3n) is 3.86. The molecule has 2 heteroatoms. The Bertz CT molecular complexity index is 558. The molecule has 106 valence electrons. The van der Waals surface area contributed by atoms with Gasteiger partial charge in [-0.25, -0.2) is 0 Å². The van der Waals surface area contributed by atoms with Crippen molar-refractivity contribution in [3.05, 3.63) is 64.5 Å². The van der Waals surface area contributed by atoms with E-state index in [1.54, 1.807) is 0 Å². The maximum atomic E-state index is 4.57. The fourth-order valence-electron chi connectivity index (χ4n) is 2.58. The van der Waals surface area contributed by atoms with E-state index in [2.05, 4.69) is 61.4 Å². The molecule has 0 aliphatic carbocycles. The van der Waals surface area contributed by atoms with E-state index >= 15 is 0 Å². The molecule has 0 aliphatic rings. The molecular weight excluding hydrogens is 244 g/mol. The molecule has 0 saturated carbocycles. The molecule has 1 aromatic carbocycles. The zero-order valence-electron chi connectivity index (χ0n) is 12.9. The number of likely N-dealkylation sites (N-methyl/N-ethyl adjacent to an activating group) is 1. The Morgan fingerprint density at radius 1 is 1.15 bits per heavy atom. The van der Waals surface area contributed by atoms with Crippen molar-refractivity contribution in [3.8, 4) is 0 Å². The summed E-state index contributed by atoms with van der Waals surface area (Å²) in [6, 6.07) is 11.3. The molecule has 0 amide bonds. The van der Waals surface area contributed by atoms with Crippen LogP contribution in [-0.2, 0) is 12.8 Å². The fraction of sp³-hybridized carbons (Fsp3) is 0.389. The van der Waals surface area contributed by atoms with E-state index < -0.39 is 0 Å². The van der Waals surface area contributed by atoms with Gasteiger partial charge in [-0.1, -0.05) is 36.8 Å². The Labute approximate surface area is 122 Å². The summed E-state index contributed by atoms with van der Waals surface area (Å²) in [6.45, 7) is 6.47. The van der Waals surface area contributed by atoms with Gasteiger partial charge in [0.25, 0.3) is 0 Å². The molecule has 0 radical (unpaired) electrons. The summed E-state index contributed by atoms with van der Waals surface area (Å²) in [5.74, 6) is 0. The Hall–Kier alpha value is -1.67. The first-order valence-corrected chi connectivity index (χ1v) is 7.32. The largest absolute Gasteiger partial charge is 0.313 e. The van der Waals surface area contributed by atoms with Gasteiger partial charge < -0.3 is 5.32 Å². The van der Waals surface area contributed by atoms with Crippen molar-refractivity contribution in [3.63, 3.8) is 0 Å². The van der Waals surface area contributed by atoms with Gasteiger partial charge in [0.2, 0.25) is 0 Å². The second kappa shape index (κ2) is 6.67. The van der Waals surface area contributed by atoms with Crippen molar-refractivity contribution in [2.75, 3.05) is 7.05 Å². The number of pyridine rings is 1. The molecule has 1 aromatic heterocycles.